The molecule has 0 saturated heterocycles. The summed E-state index contributed by atoms with van der Waals surface area (Å²) in [5, 5.41) is 6.95. The molecule has 0 bridgehead atoms. The van der Waals surface area contributed by atoms with E-state index in [1.807, 2.05) is 53.7 Å². The van der Waals surface area contributed by atoms with Crippen LogP contribution in [0, 0.1) is 18.8 Å². The fraction of sp³-hybridized carbons (Fsp3) is 0.125. The number of hydrogen-bond donors (Lipinski definition) is 2. The Morgan fingerprint density at radius 3 is 2.77 bits per heavy atom. The number of aryl methyl sites for hydroxylation is 2. The number of benzene rings is 1. The van der Waals surface area contributed by atoms with Gasteiger partial charge in [0.15, 0.2) is 0 Å². The number of rotatable bonds is 4. The molecule has 0 aliphatic rings. The van der Waals surface area contributed by atoms with Crippen molar-refractivity contribution in [3.05, 3.63) is 87.6 Å². The molecule has 0 unspecified atom stereocenters. The van der Waals surface area contributed by atoms with Crippen LogP contribution in [0.2, 0.25) is 0 Å². The Hall–Kier alpha value is -3.89. The smallest absolute Gasteiger partial charge is 0.251 e. The van der Waals surface area contributed by atoms with E-state index in [1.54, 1.807) is 36.0 Å². The van der Waals surface area contributed by atoms with Gasteiger partial charge in [0.1, 0.15) is 5.82 Å². The number of nitrogens with one attached hydrogen (secondary N) is 1. The summed E-state index contributed by atoms with van der Waals surface area (Å²) in [6, 6.07) is 9.38. The molecule has 1 aromatic carbocycles. The lowest BCUT2D eigenvalue weighted by Crippen LogP contribution is -2.22. The van der Waals surface area contributed by atoms with Gasteiger partial charge in [-0.05, 0) is 53.1 Å². The van der Waals surface area contributed by atoms with Crippen LogP contribution in [0.3, 0.4) is 0 Å². The van der Waals surface area contributed by atoms with Crippen molar-refractivity contribution in [2.75, 3.05) is 5.73 Å². The standard InChI is InChI=1S/C24H21N5OS/c1-16-3-4-20(24(30)27-11-17-7-8-31-14-17)9-18(16)5-6-19-10-21(12-26-23(19)25)22-13-29(2)15-28-22/h3-4,7-10,12-15H,11H2,1-2H3,(H2,25,26)(H,27,30). The molecule has 3 heterocycles. The van der Waals surface area contributed by atoms with Crippen LogP contribution in [0.15, 0.2) is 59.8 Å². The second-order valence-electron chi connectivity index (χ2n) is 7.18. The number of carbonyl (C=O) groups is 1. The van der Waals surface area contributed by atoms with E-state index in [0.29, 0.717) is 23.5 Å². The van der Waals surface area contributed by atoms with Gasteiger partial charge >= 0.3 is 0 Å². The van der Waals surface area contributed by atoms with E-state index in [4.69, 9.17) is 5.73 Å². The highest BCUT2D eigenvalue weighted by atomic mass is 32.1. The van der Waals surface area contributed by atoms with Crippen molar-refractivity contribution in [1.29, 1.82) is 0 Å². The summed E-state index contributed by atoms with van der Waals surface area (Å²) >= 11 is 1.61. The molecule has 31 heavy (non-hydrogen) atoms. The van der Waals surface area contributed by atoms with Crippen LogP contribution in [0.5, 0.6) is 0 Å². The van der Waals surface area contributed by atoms with E-state index in [1.165, 1.54) is 0 Å². The molecule has 3 aromatic heterocycles. The zero-order valence-electron chi connectivity index (χ0n) is 17.2. The number of thiophene rings is 1. The summed E-state index contributed by atoms with van der Waals surface area (Å²) < 4.78 is 1.87. The van der Waals surface area contributed by atoms with E-state index < -0.39 is 0 Å². The Bertz CT molecular complexity index is 1300. The van der Waals surface area contributed by atoms with Gasteiger partial charge in [-0.2, -0.15) is 11.3 Å². The summed E-state index contributed by atoms with van der Waals surface area (Å²) in [4.78, 5) is 21.1. The molecule has 0 aliphatic heterocycles. The lowest BCUT2D eigenvalue weighted by molar-refractivity contribution is 0.0951. The summed E-state index contributed by atoms with van der Waals surface area (Å²) in [6.45, 7) is 2.46. The fourth-order valence-electron chi connectivity index (χ4n) is 2.99. The van der Waals surface area contributed by atoms with Crippen LogP contribution < -0.4 is 11.1 Å². The summed E-state index contributed by atoms with van der Waals surface area (Å²) in [5.41, 5.74) is 11.7. The van der Waals surface area contributed by atoms with Gasteiger partial charge in [0.05, 0.1) is 17.6 Å². The first-order valence-corrected chi connectivity index (χ1v) is 10.6. The molecule has 4 aromatic rings. The van der Waals surface area contributed by atoms with Gasteiger partial charge in [-0.1, -0.05) is 17.9 Å². The quantitative estimate of drug-likeness (QED) is 0.486. The van der Waals surface area contributed by atoms with Gasteiger partial charge in [-0.15, -0.1) is 0 Å². The molecular formula is C24H21N5OS. The molecular weight excluding hydrogens is 406 g/mol. The van der Waals surface area contributed by atoms with Crippen LogP contribution in [-0.2, 0) is 13.6 Å². The number of pyridine rings is 1. The zero-order valence-corrected chi connectivity index (χ0v) is 18.0. The fourth-order valence-corrected chi connectivity index (χ4v) is 3.66. The van der Waals surface area contributed by atoms with E-state index in [2.05, 4.69) is 27.1 Å². The highest BCUT2D eigenvalue weighted by Crippen LogP contribution is 2.20. The molecule has 4 rings (SSSR count). The second kappa shape index (κ2) is 8.86. The lowest BCUT2D eigenvalue weighted by Gasteiger charge is -2.06. The molecule has 6 nitrogen and oxygen atoms in total. The average molecular weight is 428 g/mol. The molecule has 154 valence electrons. The number of nitrogen functional groups attached to an aromatic ring is 1. The number of imidazole rings is 1. The molecule has 0 saturated carbocycles. The lowest BCUT2D eigenvalue weighted by atomic mass is 10.0. The predicted octanol–water partition coefficient (Wildman–Crippen LogP) is 3.76. The number of amides is 1. The molecule has 0 fully saturated rings. The van der Waals surface area contributed by atoms with Crippen molar-refractivity contribution < 1.29 is 4.79 Å². The highest BCUT2D eigenvalue weighted by Gasteiger charge is 2.08. The number of carbonyl (C=O) groups excluding carboxylic acids is 1. The summed E-state index contributed by atoms with van der Waals surface area (Å²) in [5.74, 6) is 6.47. The van der Waals surface area contributed by atoms with Gasteiger partial charge in [0.25, 0.3) is 5.91 Å². The molecule has 0 radical (unpaired) electrons. The van der Waals surface area contributed by atoms with Gasteiger partial charge in [0, 0.05) is 42.7 Å². The SMILES string of the molecule is Cc1ccc(C(=O)NCc2ccsc2)cc1C#Cc1cc(-c2cn(C)cn2)cnc1N. The third kappa shape index (κ3) is 4.82. The van der Waals surface area contributed by atoms with Crippen LogP contribution in [-0.4, -0.2) is 20.4 Å². The summed E-state index contributed by atoms with van der Waals surface area (Å²) in [7, 11) is 1.91. The van der Waals surface area contributed by atoms with Crippen LogP contribution >= 0.6 is 11.3 Å². The number of aromatic nitrogens is 3. The molecule has 0 aliphatic carbocycles. The minimum atomic E-state index is -0.132. The second-order valence-corrected chi connectivity index (χ2v) is 7.96. The Labute approximate surface area is 184 Å². The maximum Gasteiger partial charge on any atom is 0.251 e. The van der Waals surface area contributed by atoms with Gasteiger partial charge in [0.2, 0.25) is 0 Å². The van der Waals surface area contributed by atoms with E-state index in [-0.39, 0.29) is 5.91 Å². The molecule has 7 heteroatoms. The Morgan fingerprint density at radius 1 is 1.19 bits per heavy atom. The van der Waals surface area contributed by atoms with E-state index in [9.17, 15) is 4.79 Å². The Morgan fingerprint density at radius 2 is 2.03 bits per heavy atom. The van der Waals surface area contributed by atoms with Crippen LogP contribution in [0.25, 0.3) is 11.3 Å². The minimum absolute atomic E-state index is 0.132. The van der Waals surface area contributed by atoms with Gasteiger partial charge < -0.3 is 15.6 Å². The number of nitrogens with zero attached hydrogens (tertiary/aromatic N) is 3. The molecule has 1 amide bonds. The third-order valence-corrected chi connectivity index (χ3v) is 5.52. The van der Waals surface area contributed by atoms with Gasteiger partial charge in [-0.3, -0.25) is 4.79 Å². The maximum absolute atomic E-state index is 12.5. The third-order valence-electron chi connectivity index (χ3n) is 4.78. The monoisotopic (exact) mass is 427 g/mol. The predicted molar refractivity (Wildman–Crippen MR) is 123 cm³/mol. The van der Waals surface area contributed by atoms with E-state index >= 15 is 0 Å². The van der Waals surface area contributed by atoms with Crippen molar-refractivity contribution >= 4 is 23.1 Å². The van der Waals surface area contributed by atoms with Crippen LogP contribution in [0.4, 0.5) is 5.82 Å². The summed E-state index contributed by atoms with van der Waals surface area (Å²) in [6.07, 6.45) is 5.33. The van der Waals surface area contributed by atoms with Gasteiger partial charge in [-0.25, -0.2) is 9.97 Å². The minimum Gasteiger partial charge on any atom is -0.383 e. The number of hydrogen-bond acceptors (Lipinski definition) is 5. The topological polar surface area (TPSA) is 85.8 Å². The normalized spacial score (nSPS) is 10.4. The van der Waals surface area contributed by atoms with E-state index in [0.717, 1.165) is 27.9 Å². The Balaban J connectivity index is 1.57. The van der Waals surface area contributed by atoms with Crippen molar-refractivity contribution in [2.24, 2.45) is 7.05 Å². The molecule has 0 spiro atoms. The number of anilines is 1. The Kier molecular flexibility index (Phi) is 5.83. The number of nitrogens with two attached hydrogens (primary N) is 1. The first-order chi connectivity index (χ1) is 15.0. The molecule has 3 N–H and O–H groups in total. The molecule has 0 atom stereocenters. The van der Waals surface area contributed by atoms with Crippen molar-refractivity contribution in [3.8, 4) is 23.1 Å². The first-order valence-electron chi connectivity index (χ1n) is 9.65. The maximum atomic E-state index is 12.5. The largest absolute Gasteiger partial charge is 0.383 e. The average Bonchev–Trinajstić information content (AvgIpc) is 3.44. The van der Waals surface area contributed by atoms with Crippen molar-refractivity contribution in [3.63, 3.8) is 0 Å². The van der Waals surface area contributed by atoms with Crippen LogP contribution in [0.1, 0.15) is 32.6 Å². The first kappa shape index (κ1) is 20.4. The van der Waals surface area contributed by atoms with Crippen molar-refractivity contribution in [1.82, 2.24) is 19.9 Å². The highest BCUT2D eigenvalue weighted by molar-refractivity contribution is 7.07. The zero-order chi connectivity index (χ0) is 21.8. The van der Waals surface area contributed by atoms with Crippen molar-refractivity contribution in [2.45, 2.75) is 13.5 Å².